The van der Waals surface area contributed by atoms with E-state index in [1.54, 1.807) is 23.9 Å². The summed E-state index contributed by atoms with van der Waals surface area (Å²) >= 11 is 7.51. The Morgan fingerprint density at radius 1 is 1.47 bits per heavy atom. The SMILES string of the molecule is OCC1(CSCc2c(F)cccc2Cl)COC1. The van der Waals surface area contributed by atoms with Crippen LogP contribution >= 0.6 is 23.4 Å². The van der Waals surface area contributed by atoms with Gasteiger partial charge in [0.25, 0.3) is 0 Å². The first-order chi connectivity index (χ1) is 8.17. The lowest BCUT2D eigenvalue weighted by Crippen LogP contribution is -2.47. The first-order valence-electron chi connectivity index (χ1n) is 5.36. The Bertz CT molecular complexity index is 370. The van der Waals surface area contributed by atoms with Gasteiger partial charge in [0.15, 0.2) is 0 Å². The second-order valence-corrected chi connectivity index (χ2v) is 5.74. The second-order valence-electron chi connectivity index (χ2n) is 4.34. The fraction of sp³-hybridized carbons (Fsp3) is 0.500. The second kappa shape index (κ2) is 5.57. The molecule has 0 bridgehead atoms. The van der Waals surface area contributed by atoms with E-state index in [0.29, 0.717) is 29.6 Å². The number of aliphatic hydroxyl groups excluding tert-OH is 1. The van der Waals surface area contributed by atoms with Gasteiger partial charge < -0.3 is 9.84 Å². The van der Waals surface area contributed by atoms with E-state index in [4.69, 9.17) is 16.3 Å². The van der Waals surface area contributed by atoms with E-state index in [0.717, 1.165) is 5.75 Å². The van der Waals surface area contributed by atoms with Crippen molar-refractivity contribution in [2.24, 2.45) is 5.41 Å². The van der Waals surface area contributed by atoms with Crippen LogP contribution in [-0.2, 0) is 10.5 Å². The van der Waals surface area contributed by atoms with E-state index in [1.807, 2.05) is 0 Å². The number of ether oxygens (including phenoxy) is 1. The highest BCUT2D eigenvalue weighted by molar-refractivity contribution is 7.98. The maximum atomic E-state index is 13.5. The lowest BCUT2D eigenvalue weighted by Gasteiger charge is -2.39. The van der Waals surface area contributed by atoms with Crippen molar-refractivity contribution in [2.45, 2.75) is 5.75 Å². The number of thioether (sulfide) groups is 1. The molecule has 0 aromatic heterocycles. The molecule has 2 rings (SSSR count). The number of halogens is 2. The van der Waals surface area contributed by atoms with Gasteiger partial charge in [0, 0.05) is 27.5 Å². The molecule has 1 aromatic carbocycles. The van der Waals surface area contributed by atoms with Gasteiger partial charge in [-0.05, 0) is 12.1 Å². The van der Waals surface area contributed by atoms with Crippen molar-refractivity contribution in [1.82, 2.24) is 0 Å². The molecule has 0 saturated carbocycles. The van der Waals surface area contributed by atoms with Crippen LogP contribution in [0.1, 0.15) is 5.56 Å². The molecule has 1 heterocycles. The van der Waals surface area contributed by atoms with Crippen molar-refractivity contribution in [1.29, 1.82) is 0 Å². The highest BCUT2D eigenvalue weighted by Gasteiger charge is 2.37. The van der Waals surface area contributed by atoms with Gasteiger partial charge in [-0.1, -0.05) is 17.7 Å². The summed E-state index contributed by atoms with van der Waals surface area (Å²) in [7, 11) is 0. The van der Waals surface area contributed by atoms with E-state index in [9.17, 15) is 9.50 Å². The van der Waals surface area contributed by atoms with Gasteiger partial charge in [0.2, 0.25) is 0 Å². The largest absolute Gasteiger partial charge is 0.396 e. The van der Waals surface area contributed by atoms with E-state index in [1.165, 1.54) is 6.07 Å². The molecule has 5 heteroatoms. The molecular weight excluding hydrogens is 263 g/mol. The molecular formula is C12H14ClFO2S. The summed E-state index contributed by atoms with van der Waals surface area (Å²) in [6.45, 7) is 1.29. The number of rotatable bonds is 5. The van der Waals surface area contributed by atoms with Crippen LogP contribution in [0.25, 0.3) is 0 Å². The highest BCUT2D eigenvalue weighted by atomic mass is 35.5. The average molecular weight is 277 g/mol. The van der Waals surface area contributed by atoms with Gasteiger partial charge in [-0.2, -0.15) is 11.8 Å². The minimum Gasteiger partial charge on any atom is -0.396 e. The molecule has 0 aliphatic carbocycles. The predicted molar refractivity (Wildman–Crippen MR) is 67.9 cm³/mol. The summed E-state index contributed by atoms with van der Waals surface area (Å²) in [6, 6.07) is 4.70. The van der Waals surface area contributed by atoms with Crippen LogP contribution in [0.5, 0.6) is 0 Å². The predicted octanol–water partition coefficient (Wildman–Crippen LogP) is 2.72. The summed E-state index contributed by atoms with van der Waals surface area (Å²) in [5.41, 5.74) is 0.398. The van der Waals surface area contributed by atoms with Crippen molar-refractivity contribution in [3.63, 3.8) is 0 Å². The van der Waals surface area contributed by atoms with Crippen molar-refractivity contribution in [2.75, 3.05) is 25.6 Å². The van der Waals surface area contributed by atoms with Crippen LogP contribution in [0, 0.1) is 11.2 Å². The van der Waals surface area contributed by atoms with Crippen molar-refractivity contribution in [3.8, 4) is 0 Å². The standard InChI is InChI=1S/C12H14ClFO2S/c13-10-2-1-3-11(14)9(10)4-17-8-12(5-15)6-16-7-12/h1-3,15H,4-8H2. The van der Waals surface area contributed by atoms with Crippen molar-refractivity contribution < 1.29 is 14.2 Å². The van der Waals surface area contributed by atoms with Gasteiger partial charge in [-0.15, -0.1) is 0 Å². The van der Waals surface area contributed by atoms with Gasteiger partial charge in [0.05, 0.1) is 19.8 Å². The quantitative estimate of drug-likeness (QED) is 0.897. The summed E-state index contributed by atoms with van der Waals surface area (Å²) in [5, 5.41) is 9.71. The smallest absolute Gasteiger partial charge is 0.128 e. The number of benzene rings is 1. The molecule has 0 unspecified atom stereocenters. The van der Waals surface area contributed by atoms with Gasteiger partial charge >= 0.3 is 0 Å². The normalized spacial score (nSPS) is 17.8. The summed E-state index contributed by atoms with van der Waals surface area (Å²) in [4.78, 5) is 0. The lowest BCUT2D eigenvalue weighted by molar-refractivity contribution is -0.121. The van der Waals surface area contributed by atoms with Gasteiger partial charge in [-0.25, -0.2) is 4.39 Å². The first kappa shape index (κ1) is 13.1. The third kappa shape index (κ3) is 2.94. The van der Waals surface area contributed by atoms with E-state index in [2.05, 4.69) is 0 Å². The van der Waals surface area contributed by atoms with Crippen LogP contribution in [0.3, 0.4) is 0 Å². The van der Waals surface area contributed by atoms with E-state index in [-0.39, 0.29) is 17.8 Å². The molecule has 0 radical (unpaired) electrons. The zero-order valence-corrected chi connectivity index (χ0v) is 10.9. The lowest BCUT2D eigenvalue weighted by atomic mass is 9.90. The minimum atomic E-state index is -0.270. The molecule has 2 nitrogen and oxygen atoms in total. The molecule has 0 spiro atoms. The zero-order chi connectivity index (χ0) is 12.3. The molecule has 1 aromatic rings. The highest BCUT2D eigenvalue weighted by Crippen LogP contribution is 2.33. The monoisotopic (exact) mass is 276 g/mol. The van der Waals surface area contributed by atoms with Crippen LogP contribution in [0.2, 0.25) is 5.02 Å². The van der Waals surface area contributed by atoms with Crippen LogP contribution in [0.15, 0.2) is 18.2 Å². The first-order valence-corrected chi connectivity index (χ1v) is 6.89. The Morgan fingerprint density at radius 3 is 2.76 bits per heavy atom. The molecule has 1 saturated heterocycles. The molecule has 17 heavy (non-hydrogen) atoms. The Kier molecular flexibility index (Phi) is 4.31. The molecule has 0 atom stereocenters. The van der Waals surface area contributed by atoms with Gasteiger partial charge in [0.1, 0.15) is 5.82 Å². The van der Waals surface area contributed by atoms with Gasteiger partial charge in [-0.3, -0.25) is 0 Å². The number of hydrogen-bond donors (Lipinski definition) is 1. The fourth-order valence-electron chi connectivity index (χ4n) is 1.65. The Hall–Kier alpha value is -0.290. The summed E-state index contributed by atoms with van der Waals surface area (Å²) < 4.78 is 18.6. The molecule has 1 aliphatic rings. The topological polar surface area (TPSA) is 29.5 Å². The number of hydrogen-bond acceptors (Lipinski definition) is 3. The Balaban J connectivity index is 1.90. The maximum Gasteiger partial charge on any atom is 0.128 e. The summed E-state index contributed by atoms with van der Waals surface area (Å²) in [5.74, 6) is 1.01. The summed E-state index contributed by atoms with van der Waals surface area (Å²) in [6.07, 6.45) is 0. The molecule has 0 amide bonds. The van der Waals surface area contributed by atoms with Crippen molar-refractivity contribution in [3.05, 3.63) is 34.6 Å². The molecule has 94 valence electrons. The number of aliphatic hydroxyl groups is 1. The Morgan fingerprint density at radius 2 is 2.24 bits per heavy atom. The van der Waals surface area contributed by atoms with E-state index >= 15 is 0 Å². The van der Waals surface area contributed by atoms with Crippen LogP contribution in [-0.4, -0.2) is 30.7 Å². The third-order valence-electron chi connectivity index (χ3n) is 2.87. The third-order valence-corrected chi connectivity index (χ3v) is 4.53. The molecule has 1 fully saturated rings. The Labute approximate surface area is 109 Å². The minimum absolute atomic E-state index is 0.116. The molecule has 1 aliphatic heterocycles. The van der Waals surface area contributed by atoms with E-state index < -0.39 is 0 Å². The molecule has 1 N–H and O–H groups in total. The maximum absolute atomic E-state index is 13.5. The zero-order valence-electron chi connectivity index (χ0n) is 9.29. The fourth-order valence-corrected chi connectivity index (χ4v) is 3.25. The van der Waals surface area contributed by atoms with Crippen molar-refractivity contribution >= 4 is 23.4 Å². The van der Waals surface area contributed by atoms with Crippen LogP contribution in [0.4, 0.5) is 4.39 Å². The van der Waals surface area contributed by atoms with Crippen LogP contribution < -0.4 is 0 Å². The average Bonchev–Trinajstić information content (AvgIpc) is 2.26.